The average molecular weight is 459 g/mol. The van der Waals surface area contributed by atoms with Crippen LogP contribution in [0.15, 0.2) is 36.4 Å². The third-order valence-electron chi connectivity index (χ3n) is 5.91. The van der Waals surface area contributed by atoms with E-state index in [4.69, 9.17) is 16.3 Å². The molecule has 1 heterocycles. The van der Waals surface area contributed by atoms with Gasteiger partial charge in [0, 0.05) is 23.5 Å². The van der Waals surface area contributed by atoms with Gasteiger partial charge in [-0.05, 0) is 61.1 Å². The molecule has 1 aromatic heterocycles. The lowest BCUT2D eigenvalue weighted by Gasteiger charge is -2.25. The number of benzene rings is 2. The molecule has 0 aliphatic heterocycles. The second-order valence-corrected chi connectivity index (χ2v) is 8.45. The quantitative estimate of drug-likeness (QED) is 0.557. The number of hydrogen-bond acceptors (Lipinski definition) is 3. The van der Waals surface area contributed by atoms with Crippen LogP contribution >= 0.6 is 11.6 Å². The Morgan fingerprint density at radius 2 is 2.12 bits per heavy atom. The van der Waals surface area contributed by atoms with Gasteiger partial charge in [-0.2, -0.15) is 0 Å². The van der Waals surface area contributed by atoms with E-state index in [2.05, 4.69) is 5.32 Å². The van der Waals surface area contributed by atoms with Gasteiger partial charge in [-0.25, -0.2) is 4.39 Å². The molecule has 0 spiro atoms. The fourth-order valence-corrected chi connectivity index (χ4v) is 4.82. The Morgan fingerprint density at radius 3 is 2.88 bits per heavy atom. The lowest BCUT2D eigenvalue weighted by Crippen LogP contribution is -2.39. The molecule has 1 amide bonds. The summed E-state index contributed by atoms with van der Waals surface area (Å²) >= 11 is 6.28. The first-order chi connectivity index (χ1) is 15.4. The Bertz CT molecular complexity index is 1190. The Balaban J connectivity index is 1.50. The number of carbonyl (C=O) groups is 2. The molecule has 0 bridgehead atoms. The third-order valence-corrected chi connectivity index (χ3v) is 6.20. The normalized spacial score (nSPS) is 15.4. The van der Waals surface area contributed by atoms with E-state index in [0.29, 0.717) is 43.0 Å². The van der Waals surface area contributed by atoms with Crippen LogP contribution in [0, 0.1) is 5.82 Å². The fraction of sp³-hybridized carbons (Fsp3) is 0.333. The number of nitrogens with zero attached hydrogens (tertiary/aromatic N) is 1. The van der Waals surface area contributed by atoms with Gasteiger partial charge in [0.25, 0.3) is 0 Å². The highest BCUT2D eigenvalue weighted by Gasteiger charge is 2.28. The van der Waals surface area contributed by atoms with Gasteiger partial charge in [-0.3, -0.25) is 9.59 Å². The third kappa shape index (κ3) is 4.58. The second-order valence-electron chi connectivity index (χ2n) is 8.05. The van der Waals surface area contributed by atoms with Crippen LogP contribution in [0.3, 0.4) is 0 Å². The van der Waals surface area contributed by atoms with Crippen molar-refractivity contribution in [2.45, 2.75) is 44.7 Å². The molecule has 32 heavy (non-hydrogen) atoms. The van der Waals surface area contributed by atoms with Gasteiger partial charge in [-0.15, -0.1) is 0 Å². The van der Waals surface area contributed by atoms with Gasteiger partial charge in [0.05, 0.1) is 17.6 Å². The highest BCUT2D eigenvalue weighted by molar-refractivity contribution is 6.35. The SMILES string of the molecule is COc1cccc(CCC(=O)N[C@H]2CCc3c(c4cc(F)cc(Cl)c4n3CC(=O)O)C2)c1. The summed E-state index contributed by atoms with van der Waals surface area (Å²) < 4.78 is 21.0. The number of halogens is 2. The minimum atomic E-state index is -0.988. The first kappa shape index (κ1) is 22.1. The van der Waals surface area contributed by atoms with Crippen molar-refractivity contribution in [2.75, 3.05) is 7.11 Å². The number of carbonyl (C=O) groups excluding carboxylic acids is 1. The number of aromatic nitrogens is 1. The van der Waals surface area contributed by atoms with Crippen LogP contribution in [-0.4, -0.2) is 34.7 Å². The van der Waals surface area contributed by atoms with E-state index >= 15 is 0 Å². The molecule has 168 valence electrons. The number of methoxy groups -OCH3 is 1. The molecule has 0 saturated heterocycles. The number of carboxylic acids is 1. The number of hydrogen-bond donors (Lipinski definition) is 2. The summed E-state index contributed by atoms with van der Waals surface area (Å²) in [5.74, 6) is -0.758. The lowest BCUT2D eigenvalue weighted by molar-refractivity contribution is -0.137. The molecule has 2 aromatic carbocycles. The first-order valence-corrected chi connectivity index (χ1v) is 10.9. The van der Waals surface area contributed by atoms with Crippen molar-refractivity contribution in [3.05, 3.63) is 64.1 Å². The summed E-state index contributed by atoms with van der Waals surface area (Å²) in [6.45, 7) is -0.241. The average Bonchev–Trinajstić information content (AvgIpc) is 3.05. The number of carboxylic acid groups (broad SMARTS) is 1. The largest absolute Gasteiger partial charge is 0.497 e. The number of ether oxygens (including phenoxy) is 1. The fourth-order valence-electron chi connectivity index (χ4n) is 4.52. The summed E-state index contributed by atoms with van der Waals surface area (Å²) in [4.78, 5) is 24.0. The summed E-state index contributed by atoms with van der Waals surface area (Å²) in [7, 11) is 1.61. The Hall–Kier alpha value is -3.06. The lowest BCUT2D eigenvalue weighted by atomic mass is 9.91. The zero-order valence-electron chi connectivity index (χ0n) is 17.7. The predicted octanol–water partition coefficient (Wildman–Crippen LogP) is 4.13. The standard InChI is InChI=1S/C24H24ClFN2O4/c1-32-17-4-2-3-14(9-17)5-8-22(29)27-16-6-7-21-18(12-16)19-10-15(26)11-20(25)24(19)28(21)13-23(30)31/h2-4,9-11,16H,5-8,12-13H2,1H3,(H,27,29)(H,30,31)/t16-/m0/s1. The maximum Gasteiger partial charge on any atom is 0.323 e. The van der Waals surface area contributed by atoms with Gasteiger partial charge >= 0.3 is 5.97 Å². The number of nitrogens with one attached hydrogen (secondary N) is 1. The molecule has 4 rings (SSSR count). The number of rotatable bonds is 7. The number of aryl methyl sites for hydroxylation is 1. The summed E-state index contributed by atoms with van der Waals surface area (Å²) in [5.41, 5.74) is 3.25. The summed E-state index contributed by atoms with van der Waals surface area (Å²) in [6, 6.07) is 10.1. The topological polar surface area (TPSA) is 80.6 Å². The number of aliphatic carboxylic acids is 1. The van der Waals surface area contributed by atoms with E-state index in [9.17, 15) is 19.1 Å². The summed E-state index contributed by atoms with van der Waals surface area (Å²) in [6.07, 6.45) is 2.70. The van der Waals surface area contributed by atoms with E-state index in [1.54, 1.807) is 11.7 Å². The van der Waals surface area contributed by atoms with Crippen LogP contribution in [0.25, 0.3) is 10.9 Å². The van der Waals surface area contributed by atoms with Crippen molar-refractivity contribution in [1.82, 2.24) is 9.88 Å². The van der Waals surface area contributed by atoms with Crippen molar-refractivity contribution in [1.29, 1.82) is 0 Å². The van der Waals surface area contributed by atoms with Crippen LogP contribution in [0.5, 0.6) is 5.75 Å². The van der Waals surface area contributed by atoms with E-state index in [1.165, 1.54) is 12.1 Å². The van der Waals surface area contributed by atoms with E-state index in [1.807, 2.05) is 24.3 Å². The minimum Gasteiger partial charge on any atom is -0.497 e. The molecule has 8 heteroatoms. The van der Waals surface area contributed by atoms with E-state index in [-0.39, 0.29) is 23.5 Å². The van der Waals surface area contributed by atoms with Gasteiger partial charge in [0.2, 0.25) is 5.91 Å². The molecule has 0 saturated carbocycles. The molecule has 1 atom stereocenters. The van der Waals surface area contributed by atoms with Crippen LogP contribution in [0.1, 0.15) is 29.7 Å². The Labute approximate surface area is 189 Å². The van der Waals surface area contributed by atoms with E-state index in [0.717, 1.165) is 22.6 Å². The van der Waals surface area contributed by atoms with Crippen LogP contribution in [0.2, 0.25) is 5.02 Å². The molecule has 0 radical (unpaired) electrons. The Kier molecular flexibility index (Phi) is 6.37. The highest BCUT2D eigenvalue weighted by Crippen LogP contribution is 2.36. The smallest absolute Gasteiger partial charge is 0.323 e. The van der Waals surface area contributed by atoms with Gasteiger partial charge in [0.1, 0.15) is 18.1 Å². The zero-order valence-corrected chi connectivity index (χ0v) is 18.4. The Morgan fingerprint density at radius 1 is 1.31 bits per heavy atom. The van der Waals surface area contributed by atoms with Gasteiger partial charge in [-0.1, -0.05) is 23.7 Å². The van der Waals surface area contributed by atoms with Crippen molar-refractivity contribution < 1.29 is 23.8 Å². The predicted molar refractivity (Wildman–Crippen MR) is 120 cm³/mol. The van der Waals surface area contributed by atoms with Gasteiger partial charge in [0.15, 0.2) is 0 Å². The molecule has 1 aliphatic rings. The molecule has 1 aliphatic carbocycles. The molecular weight excluding hydrogens is 435 g/mol. The van der Waals surface area contributed by atoms with Crippen LogP contribution in [0.4, 0.5) is 4.39 Å². The van der Waals surface area contributed by atoms with Gasteiger partial charge < -0.3 is 19.7 Å². The van der Waals surface area contributed by atoms with Crippen molar-refractivity contribution >= 4 is 34.4 Å². The molecule has 3 aromatic rings. The molecule has 0 unspecified atom stereocenters. The molecule has 2 N–H and O–H groups in total. The second kappa shape index (κ2) is 9.20. The molecule has 0 fully saturated rings. The highest BCUT2D eigenvalue weighted by atomic mass is 35.5. The zero-order chi connectivity index (χ0) is 22.8. The number of amides is 1. The van der Waals surface area contributed by atoms with Crippen molar-refractivity contribution in [3.8, 4) is 5.75 Å². The van der Waals surface area contributed by atoms with Crippen LogP contribution < -0.4 is 10.1 Å². The maximum atomic E-state index is 14.1. The monoisotopic (exact) mass is 458 g/mol. The first-order valence-electron chi connectivity index (χ1n) is 10.5. The van der Waals surface area contributed by atoms with E-state index < -0.39 is 11.8 Å². The minimum absolute atomic E-state index is 0.0558. The summed E-state index contributed by atoms with van der Waals surface area (Å²) in [5, 5.41) is 13.2. The van der Waals surface area contributed by atoms with Crippen molar-refractivity contribution in [3.63, 3.8) is 0 Å². The molecule has 6 nitrogen and oxygen atoms in total. The molecular formula is C24H24ClFN2O4. The van der Waals surface area contributed by atoms with Crippen LogP contribution in [-0.2, 0) is 35.4 Å². The maximum absolute atomic E-state index is 14.1. The van der Waals surface area contributed by atoms with Crippen molar-refractivity contribution in [2.24, 2.45) is 0 Å². The number of fused-ring (bicyclic) bond motifs is 3.